The average Bonchev–Trinajstić information content (AvgIpc) is 3.29. The van der Waals surface area contributed by atoms with E-state index in [1.165, 1.54) is 11.1 Å². The van der Waals surface area contributed by atoms with Gasteiger partial charge in [0, 0.05) is 11.8 Å². The number of anilines is 1. The van der Waals surface area contributed by atoms with E-state index in [4.69, 9.17) is 9.26 Å². The Hall–Kier alpha value is -3.87. The monoisotopic (exact) mass is 444 g/mol. The number of carbonyl (C=O) groups excluding carboxylic acids is 1. The molecule has 0 aliphatic carbocycles. The summed E-state index contributed by atoms with van der Waals surface area (Å²) in [4.78, 5) is 13.0. The Morgan fingerprint density at radius 1 is 1.03 bits per heavy atom. The van der Waals surface area contributed by atoms with E-state index in [0.717, 1.165) is 22.6 Å². The van der Waals surface area contributed by atoms with Gasteiger partial charge in [0.25, 0.3) is 5.91 Å². The number of benzene rings is 2. The van der Waals surface area contributed by atoms with Gasteiger partial charge >= 0.3 is 0 Å². The lowest BCUT2D eigenvalue weighted by Gasteiger charge is -2.09. The Morgan fingerprint density at radius 2 is 1.76 bits per heavy atom. The number of carbonyl (C=O) groups is 1. The van der Waals surface area contributed by atoms with Crippen LogP contribution in [0.2, 0.25) is 0 Å². The second-order valence-corrected chi connectivity index (χ2v) is 8.39. The first-order chi connectivity index (χ1) is 15.8. The van der Waals surface area contributed by atoms with Gasteiger partial charge in [0.15, 0.2) is 11.5 Å². The van der Waals surface area contributed by atoms with Crippen molar-refractivity contribution in [2.24, 2.45) is 0 Å². The molecule has 0 aliphatic rings. The third-order valence-electron chi connectivity index (χ3n) is 5.58. The highest BCUT2D eigenvalue weighted by Gasteiger charge is 2.22. The fourth-order valence-electron chi connectivity index (χ4n) is 3.77. The van der Waals surface area contributed by atoms with E-state index in [2.05, 4.69) is 40.7 Å². The van der Waals surface area contributed by atoms with Crippen molar-refractivity contribution in [2.45, 2.75) is 47.8 Å². The summed E-state index contributed by atoms with van der Waals surface area (Å²) in [6, 6.07) is 16.0. The lowest BCUT2D eigenvalue weighted by atomic mass is 10.1. The van der Waals surface area contributed by atoms with Gasteiger partial charge in [0.1, 0.15) is 18.1 Å². The molecule has 2 heterocycles. The fraction of sp³-hybridized carbons (Fsp3) is 0.269. The summed E-state index contributed by atoms with van der Waals surface area (Å²) in [5.41, 5.74) is 6.36. The van der Waals surface area contributed by atoms with Crippen LogP contribution in [0.25, 0.3) is 0 Å². The highest BCUT2D eigenvalue weighted by Crippen LogP contribution is 2.21. The van der Waals surface area contributed by atoms with Gasteiger partial charge in [-0.1, -0.05) is 35.5 Å². The molecule has 0 saturated heterocycles. The van der Waals surface area contributed by atoms with E-state index >= 15 is 0 Å². The minimum atomic E-state index is -0.383. The predicted octanol–water partition coefficient (Wildman–Crippen LogP) is 5.29. The zero-order valence-electron chi connectivity index (χ0n) is 19.6. The number of nitrogens with one attached hydrogen (secondary N) is 1. The quantitative estimate of drug-likeness (QED) is 0.419. The molecule has 33 heavy (non-hydrogen) atoms. The molecule has 7 heteroatoms. The summed E-state index contributed by atoms with van der Waals surface area (Å²) < 4.78 is 13.1. The van der Waals surface area contributed by atoms with Crippen molar-refractivity contribution >= 4 is 11.7 Å². The summed E-state index contributed by atoms with van der Waals surface area (Å²) in [5.74, 6) is 1.37. The largest absolute Gasteiger partial charge is 0.489 e. The van der Waals surface area contributed by atoms with E-state index in [0.29, 0.717) is 23.7 Å². The molecule has 2 aromatic carbocycles. The maximum atomic E-state index is 13.0. The predicted molar refractivity (Wildman–Crippen MR) is 127 cm³/mol. The number of amides is 1. The molecule has 0 aliphatic heterocycles. The van der Waals surface area contributed by atoms with Crippen molar-refractivity contribution in [3.63, 3.8) is 0 Å². The van der Waals surface area contributed by atoms with Gasteiger partial charge in [0.2, 0.25) is 0 Å². The number of rotatable bonds is 7. The topological polar surface area (TPSA) is 82.2 Å². The normalized spacial score (nSPS) is 10.9. The molecule has 1 amide bonds. The van der Waals surface area contributed by atoms with E-state index in [-0.39, 0.29) is 18.2 Å². The van der Waals surface area contributed by atoms with Gasteiger partial charge in [-0.2, -0.15) is 5.10 Å². The first-order valence-electron chi connectivity index (χ1n) is 10.9. The summed E-state index contributed by atoms with van der Waals surface area (Å²) >= 11 is 0. The van der Waals surface area contributed by atoms with Crippen molar-refractivity contribution in [1.82, 2.24) is 14.9 Å². The molecule has 0 saturated carbocycles. The molecule has 1 N–H and O–H groups in total. The van der Waals surface area contributed by atoms with Gasteiger partial charge < -0.3 is 14.6 Å². The van der Waals surface area contributed by atoms with Crippen LogP contribution in [-0.4, -0.2) is 20.8 Å². The number of aromatic nitrogens is 3. The first kappa shape index (κ1) is 22.3. The lowest BCUT2D eigenvalue weighted by Crippen LogP contribution is -2.16. The molecule has 0 bridgehead atoms. The summed E-state index contributed by atoms with van der Waals surface area (Å²) in [6.45, 7) is 10.7. The highest BCUT2D eigenvalue weighted by molar-refractivity contribution is 6.03. The molecule has 0 spiro atoms. The molecule has 0 radical (unpaired) electrons. The van der Waals surface area contributed by atoms with Crippen LogP contribution in [0.15, 0.2) is 53.1 Å². The van der Waals surface area contributed by atoms with Crippen LogP contribution in [0.1, 0.15) is 49.8 Å². The Kier molecular flexibility index (Phi) is 6.31. The van der Waals surface area contributed by atoms with E-state index < -0.39 is 0 Å². The summed E-state index contributed by atoms with van der Waals surface area (Å²) in [5, 5.41) is 11.4. The van der Waals surface area contributed by atoms with Crippen LogP contribution in [0.4, 0.5) is 5.82 Å². The van der Waals surface area contributed by atoms with Gasteiger partial charge in [-0.05, 0) is 69.0 Å². The number of hydrogen-bond acceptors (Lipinski definition) is 5. The van der Waals surface area contributed by atoms with Crippen LogP contribution in [0.5, 0.6) is 5.75 Å². The van der Waals surface area contributed by atoms with Gasteiger partial charge in [-0.3, -0.25) is 9.48 Å². The molecule has 4 aromatic rings. The maximum absolute atomic E-state index is 13.0. The van der Waals surface area contributed by atoms with Crippen molar-refractivity contribution in [2.75, 3.05) is 5.32 Å². The molecule has 0 atom stereocenters. The van der Waals surface area contributed by atoms with Crippen LogP contribution in [0.3, 0.4) is 0 Å². The minimum Gasteiger partial charge on any atom is -0.489 e. The molecule has 170 valence electrons. The molecular weight excluding hydrogens is 416 g/mol. The minimum absolute atomic E-state index is 0.182. The molecule has 0 fully saturated rings. The fourth-order valence-corrected chi connectivity index (χ4v) is 3.77. The summed E-state index contributed by atoms with van der Waals surface area (Å²) in [6.07, 6.45) is 0. The molecule has 2 aromatic heterocycles. The van der Waals surface area contributed by atoms with Crippen LogP contribution in [-0.2, 0) is 13.2 Å². The highest BCUT2D eigenvalue weighted by atomic mass is 16.5. The first-order valence-corrected chi connectivity index (χ1v) is 10.9. The maximum Gasteiger partial charge on any atom is 0.279 e. The van der Waals surface area contributed by atoms with E-state index in [1.807, 2.05) is 55.8 Å². The third-order valence-corrected chi connectivity index (χ3v) is 5.58. The smallest absolute Gasteiger partial charge is 0.279 e. The van der Waals surface area contributed by atoms with Crippen molar-refractivity contribution in [3.8, 4) is 5.75 Å². The lowest BCUT2D eigenvalue weighted by molar-refractivity contribution is 0.101. The Balaban J connectivity index is 1.48. The second kappa shape index (κ2) is 9.32. The van der Waals surface area contributed by atoms with Gasteiger partial charge in [-0.25, -0.2) is 0 Å². The summed E-state index contributed by atoms with van der Waals surface area (Å²) in [7, 11) is 0. The zero-order valence-corrected chi connectivity index (χ0v) is 19.6. The van der Waals surface area contributed by atoms with E-state index in [1.54, 1.807) is 6.92 Å². The number of aryl methyl sites for hydroxylation is 5. The Morgan fingerprint density at radius 3 is 2.48 bits per heavy atom. The number of nitrogens with zero attached hydrogens (tertiary/aromatic N) is 3. The van der Waals surface area contributed by atoms with E-state index in [9.17, 15) is 4.79 Å². The van der Waals surface area contributed by atoms with Crippen LogP contribution >= 0.6 is 0 Å². The zero-order chi connectivity index (χ0) is 23.5. The van der Waals surface area contributed by atoms with Crippen molar-refractivity contribution in [1.29, 1.82) is 0 Å². The second-order valence-electron chi connectivity index (χ2n) is 8.39. The van der Waals surface area contributed by atoms with Crippen LogP contribution in [0, 0.1) is 34.6 Å². The standard InChI is InChI=1S/C26H28N4O3/c1-16-10-17(2)12-22(11-16)32-15-23-20(5)33-29-25(23)26(31)27-24-13-19(4)30(28-24)14-21-9-7-6-8-18(21)3/h6-13H,14-15H2,1-5H3,(H,27,28,31). The number of ether oxygens (including phenoxy) is 1. The van der Waals surface area contributed by atoms with Gasteiger partial charge in [-0.15, -0.1) is 0 Å². The average molecular weight is 445 g/mol. The molecular formula is C26H28N4O3. The molecule has 4 rings (SSSR count). The third kappa shape index (κ3) is 5.14. The van der Waals surface area contributed by atoms with Crippen molar-refractivity contribution < 1.29 is 14.1 Å². The number of hydrogen-bond donors (Lipinski definition) is 1. The SMILES string of the molecule is Cc1cc(C)cc(OCc2c(C(=O)Nc3cc(C)n(Cc4ccccc4C)n3)noc2C)c1. The molecule has 7 nitrogen and oxygen atoms in total. The Bertz CT molecular complexity index is 1280. The Labute approximate surface area is 193 Å². The van der Waals surface area contributed by atoms with Crippen LogP contribution < -0.4 is 10.1 Å². The van der Waals surface area contributed by atoms with Gasteiger partial charge in [0.05, 0.1) is 12.1 Å². The van der Waals surface area contributed by atoms with Crippen molar-refractivity contribution in [3.05, 3.63) is 93.5 Å². The molecule has 0 unspecified atom stereocenters.